The number of dihydropyridines is 1. The van der Waals surface area contributed by atoms with Gasteiger partial charge in [0.25, 0.3) is 0 Å². The van der Waals surface area contributed by atoms with Crippen LogP contribution in [0.15, 0.2) is 45.8 Å². The Balaban J connectivity index is 1.33. The van der Waals surface area contributed by atoms with Crippen molar-refractivity contribution in [2.45, 2.75) is 58.0 Å². The predicted molar refractivity (Wildman–Crippen MR) is 119 cm³/mol. The molecular weight excluding hydrogens is 392 g/mol. The third kappa shape index (κ3) is 5.10. The molecule has 2 heterocycles. The van der Waals surface area contributed by atoms with Crippen LogP contribution in [0, 0.1) is 11.8 Å². The highest BCUT2D eigenvalue weighted by Gasteiger charge is 2.34. The Bertz CT molecular complexity index is 971. The lowest BCUT2D eigenvalue weighted by molar-refractivity contribution is -0.145. The van der Waals surface area contributed by atoms with E-state index in [1.165, 1.54) is 5.56 Å². The average molecular weight is 423 g/mol. The highest BCUT2D eigenvalue weighted by molar-refractivity contribution is 5.97. The summed E-state index contributed by atoms with van der Waals surface area (Å²) in [5, 5.41) is 20.9. The van der Waals surface area contributed by atoms with Gasteiger partial charge in [0.1, 0.15) is 0 Å². The molecule has 2 atom stereocenters. The number of aliphatic imine (C=N–C) groups is 1. The van der Waals surface area contributed by atoms with Crippen molar-refractivity contribution in [3.05, 3.63) is 47.9 Å². The molecule has 0 spiro atoms. The van der Waals surface area contributed by atoms with Crippen LogP contribution in [0.2, 0.25) is 0 Å². The maximum absolute atomic E-state index is 10.9. The van der Waals surface area contributed by atoms with Crippen molar-refractivity contribution in [1.82, 2.24) is 15.5 Å². The van der Waals surface area contributed by atoms with E-state index in [4.69, 9.17) is 14.5 Å². The molecule has 1 aromatic carbocycles. The molecule has 2 unspecified atom stereocenters. The zero-order chi connectivity index (χ0) is 22.0. The molecule has 0 bridgehead atoms. The topological polar surface area (TPSA) is 101 Å². The zero-order valence-corrected chi connectivity index (χ0v) is 18.3. The lowest BCUT2D eigenvalue weighted by Crippen LogP contribution is -2.46. The Labute approximate surface area is 182 Å². The van der Waals surface area contributed by atoms with Crippen LogP contribution in [0.25, 0.3) is 11.5 Å². The number of benzene rings is 1. The minimum absolute atomic E-state index is 0.00308. The molecule has 1 aliphatic heterocycles. The number of carbonyl (C=O) groups is 1. The largest absolute Gasteiger partial charge is 0.481 e. The quantitative estimate of drug-likeness (QED) is 0.670. The van der Waals surface area contributed by atoms with Crippen molar-refractivity contribution in [2.24, 2.45) is 16.8 Å². The monoisotopic (exact) mass is 422 g/mol. The average Bonchev–Trinajstić information content (AvgIpc) is 3.16. The fourth-order valence-electron chi connectivity index (χ4n) is 4.13. The molecule has 7 heteroatoms. The summed E-state index contributed by atoms with van der Waals surface area (Å²) >= 11 is 0. The molecule has 31 heavy (non-hydrogen) atoms. The van der Waals surface area contributed by atoms with Crippen LogP contribution in [0.5, 0.6) is 0 Å². The van der Waals surface area contributed by atoms with Crippen LogP contribution in [0.4, 0.5) is 0 Å². The number of nitrogens with one attached hydrogen (secondary N) is 1. The number of aromatic nitrogens is 2. The molecule has 7 nitrogen and oxygen atoms in total. The van der Waals surface area contributed by atoms with Gasteiger partial charge in [0.05, 0.1) is 17.9 Å². The second-order valence-corrected chi connectivity index (χ2v) is 9.07. The SMILES string of the molecule is CC(C)Cc1ccc(-c2nnc(C3C=CC(CNC4CC(C(=O)O)C4)=NC3C)o2)cc1. The molecule has 2 N–H and O–H groups in total. The van der Waals surface area contributed by atoms with Gasteiger partial charge in [-0.15, -0.1) is 10.2 Å². The summed E-state index contributed by atoms with van der Waals surface area (Å²) in [6, 6.07) is 8.56. The summed E-state index contributed by atoms with van der Waals surface area (Å²) in [5.41, 5.74) is 3.19. The zero-order valence-electron chi connectivity index (χ0n) is 18.3. The molecule has 4 rings (SSSR count). The molecule has 2 aromatic rings. The van der Waals surface area contributed by atoms with Gasteiger partial charge in [0, 0.05) is 23.9 Å². The van der Waals surface area contributed by atoms with Crippen LogP contribution in [0.1, 0.15) is 51.0 Å². The minimum Gasteiger partial charge on any atom is -0.481 e. The lowest BCUT2D eigenvalue weighted by atomic mass is 9.80. The van der Waals surface area contributed by atoms with E-state index in [1.807, 2.05) is 25.1 Å². The standard InChI is InChI=1S/C24H30N4O3/c1-14(2)10-16-4-6-17(7-5-16)22-27-28-23(31-22)21-9-8-19(26-15(21)3)13-25-20-11-18(12-20)24(29)30/h4-9,14-15,18,20-21,25H,10-13H2,1-3H3,(H,29,30). The second kappa shape index (κ2) is 9.14. The van der Waals surface area contributed by atoms with E-state index in [9.17, 15) is 4.79 Å². The summed E-state index contributed by atoms with van der Waals surface area (Å²) in [5.74, 6) is 0.768. The molecule has 1 fully saturated rings. The van der Waals surface area contributed by atoms with E-state index in [-0.39, 0.29) is 23.9 Å². The fraction of sp³-hybridized carbons (Fsp3) is 0.500. The third-order valence-corrected chi connectivity index (χ3v) is 6.01. The lowest BCUT2D eigenvalue weighted by Gasteiger charge is -2.33. The van der Waals surface area contributed by atoms with Crippen molar-refractivity contribution in [3.8, 4) is 11.5 Å². The van der Waals surface area contributed by atoms with E-state index in [0.29, 0.717) is 37.1 Å². The van der Waals surface area contributed by atoms with Gasteiger partial charge < -0.3 is 14.8 Å². The molecule has 0 saturated heterocycles. The first-order chi connectivity index (χ1) is 14.9. The Morgan fingerprint density at radius 1 is 1.23 bits per heavy atom. The van der Waals surface area contributed by atoms with Crippen LogP contribution in [0.3, 0.4) is 0 Å². The van der Waals surface area contributed by atoms with Crippen molar-refractivity contribution in [1.29, 1.82) is 0 Å². The molecule has 2 aliphatic rings. The first-order valence-electron chi connectivity index (χ1n) is 11.0. The Morgan fingerprint density at radius 3 is 2.61 bits per heavy atom. The van der Waals surface area contributed by atoms with Crippen molar-refractivity contribution in [3.63, 3.8) is 0 Å². The number of nitrogens with zero attached hydrogens (tertiary/aromatic N) is 3. The number of carboxylic acids is 1. The van der Waals surface area contributed by atoms with Gasteiger partial charge >= 0.3 is 5.97 Å². The van der Waals surface area contributed by atoms with Gasteiger partial charge in [0.2, 0.25) is 11.8 Å². The van der Waals surface area contributed by atoms with E-state index in [0.717, 1.165) is 17.7 Å². The van der Waals surface area contributed by atoms with Crippen molar-refractivity contribution in [2.75, 3.05) is 6.54 Å². The molecule has 164 valence electrons. The van der Waals surface area contributed by atoms with Gasteiger partial charge in [-0.25, -0.2) is 0 Å². The Kier molecular flexibility index (Phi) is 6.32. The van der Waals surface area contributed by atoms with E-state index >= 15 is 0 Å². The van der Waals surface area contributed by atoms with E-state index < -0.39 is 5.97 Å². The fourth-order valence-corrected chi connectivity index (χ4v) is 4.13. The molecule has 1 aliphatic carbocycles. The highest BCUT2D eigenvalue weighted by Crippen LogP contribution is 2.29. The molecule has 0 radical (unpaired) electrons. The van der Waals surface area contributed by atoms with E-state index in [2.05, 4.69) is 47.6 Å². The number of hydrogen-bond donors (Lipinski definition) is 2. The smallest absolute Gasteiger partial charge is 0.306 e. The summed E-state index contributed by atoms with van der Waals surface area (Å²) in [4.78, 5) is 15.7. The Morgan fingerprint density at radius 2 is 1.97 bits per heavy atom. The number of carboxylic acid groups (broad SMARTS) is 1. The molecule has 1 saturated carbocycles. The van der Waals surface area contributed by atoms with Gasteiger partial charge in [-0.1, -0.05) is 32.1 Å². The first-order valence-corrected chi connectivity index (χ1v) is 11.0. The van der Waals surface area contributed by atoms with Crippen LogP contribution >= 0.6 is 0 Å². The summed E-state index contributed by atoms with van der Waals surface area (Å²) in [6.07, 6.45) is 6.49. The van der Waals surface area contributed by atoms with Gasteiger partial charge in [0.15, 0.2) is 0 Å². The minimum atomic E-state index is -0.699. The van der Waals surface area contributed by atoms with Crippen LogP contribution < -0.4 is 5.32 Å². The van der Waals surface area contributed by atoms with Crippen molar-refractivity contribution >= 4 is 11.7 Å². The number of rotatable bonds is 8. The molecular formula is C24H30N4O3. The van der Waals surface area contributed by atoms with E-state index in [1.54, 1.807) is 0 Å². The second-order valence-electron chi connectivity index (χ2n) is 9.07. The van der Waals surface area contributed by atoms with Gasteiger partial charge in [-0.05, 0) is 55.9 Å². The maximum atomic E-state index is 10.9. The van der Waals surface area contributed by atoms with Gasteiger partial charge in [-0.3, -0.25) is 9.79 Å². The molecule has 1 aromatic heterocycles. The summed E-state index contributed by atoms with van der Waals surface area (Å²) < 4.78 is 5.98. The number of aliphatic carboxylic acids is 1. The number of hydrogen-bond acceptors (Lipinski definition) is 6. The van der Waals surface area contributed by atoms with Crippen LogP contribution in [-0.4, -0.2) is 45.6 Å². The van der Waals surface area contributed by atoms with Gasteiger partial charge in [-0.2, -0.15) is 0 Å². The third-order valence-electron chi connectivity index (χ3n) is 6.01. The first kappa shape index (κ1) is 21.4. The maximum Gasteiger partial charge on any atom is 0.306 e. The summed E-state index contributed by atoms with van der Waals surface area (Å²) in [7, 11) is 0. The molecule has 0 amide bonds. The highest BCUT2D eigenvalue weighted by atomic mass is 16.4. The van der Waals surface area contributed by atoms with Crippen LogP contribution in [-0.2, 0) is 11.2 Å². The normalized spacial score (nSPS) is 25.4. The van der Waals surface area contributed by atoms with Crippen molar-refractivity contribution < 1.29 is 14.3 Å². The summed E-state index contributed by atoms with van der Waals surface area (Å²) in [6.45, 7) is 7.11. The Hall–Kier alpha value is -2.80. The predicted octanol–water partition coefficient (Wildman–Crippen LogP) is 3.87.